The van der Waals surface area contributed by atoms with Gasteiger partial charge < -0.3 is 5.32 Å². The zero-order valence-corrected chi connectivity index (χ0v) is 16.7. The second kappa shape index (κ2) is 7.80. The lowest BCUT2D eigenvalue weighted by Crippen LogP contribution is -2.32. The van der Waals surface area contributed by atoms with Crippen molar-refractivity contribution in [3.8, 4) is 0 Å². The number of nitrogens with zero attached hydrogens (tertiary/aromatic N) is 2. The van der Waals surface area contributed by atoms with Crippen molar-refractivity contribution in [1.29, 1.82) is 0 Å². The van der Waals surface area contributed by atoms with E-state index >= 15 is 0 Å². The molecule has 0 saturated heterocycles. The minimum absolute atomic E-state index is 0.120. The maximum Gasteiger partial charge on any atom is 0.242 e. The number of sulfonamides is 1. The molecule has 0 saturated carbocycles. The van der Waals surface area contributed by atoms with E-state index in [4.69, 9.17) is 0 Å². The fourth-order valence-electron chi connectivity index (χ4n) is 3.45. The number of hydrogen-bond acceptors (Lipinski definition) is 4. The Balaban J connectivity index is 1.61. The van der Waals surface area contributed by atoms with Crippen LogP contribution in [0.1, 0.15) is 23.6 Å². The third-order valence-electron chi connectivity index (χ3n) is 4.94. The Kier molecular flexibility index (Phi) is 5.64. The molecule has 0 radical (unpaired) electrons. The van der Waals surface area contributed by atoms with E-state index in [1.807, 2.05) is 19.2 Å². The Hall–Kier alpha value is -2.22. The van der Waals surface area contributed by atoms with Crippen LogP contribution in [0.5, 0.6) is 0 Å². The predicted molar refractivity (Wildman–Crippen MR) is 106 cm³/mol. The number of amides is 1. The van der Waals surface area contributed by atoms with Gasteiger partial charge in [0, 0.05) is 25.8 Å². The number of aryl methyl sites for hydroxylation is 1. The van der Waals surface area contributed by atoms with Crippen molar-refractivity contribution in [2.45, 2.75) is 23.8 Å². The van der Waals surface area contributed by atoms with Crippen molar-refractivity contribution in [2.24, 2.45) is 0 Å². The van der Waals surface area contributed by atoms with Gasteiger partial charge in [-0.25, -0.2) is 12.7 Å². The normalized spacial score (nSPS) is 16.6. The molecule has 0 unspecified atom stereocenters. The van der Waals surface area contributed by atoms with Gasteiger partial charge in [0.15, 0.2) is 0 Å². The summed E-state index contributed by atoms with van der Waals surface area (Å²) in [4.78, 5) is 14.7. The highest BCUT2D eigenvalue weighted by Crippen LogP contribution is 2.34. The van der Waals surface area contributed by atoms with Crippen LogP contribution in [0, 0.1) is 0 Å². The van der Waals surface area contributed by atoms with Crippen molar-refractivity contribution < 1.29 is 13.2 Å². The van der Waals surface area contributed by atoms with E-state index in [1.54, 1.807) is 12.1 Å². The lowest BCUT2D eigenvalue weighted by Gasteiger charge is -2.24. The predicted octanol–water partition coefficient (Wildman–Crippen LogP) is 2.49. The van der Waals surface area contributed by atoms with Crippen LogP contribution in [0.25, 0.3) is 0 Å². The third kappa shape index (κ3) is 4.21. The van der Waals surface area contributed by atoms with Gasteiger partial charge in [-0.05, 0) is 55.3 Å². The number of likely N-dealkylation sites (N-methyl/N-ethyl adjacent to an activating group) is 1. The van der Waals surface area contributed by atoms with E-state index in [0.29, 0.717) is 5.69 Å². The average Bonchev–Trinajstić information content (AvgIpc) is 3.06. The molecule has 1 aliphatic carbocycles. The third-order valence-corrected chi connectivity index (χ3v) is 6.77. The van der Waals surface area contributed by atoms with Crippen LogP contribution < -0.4 is 5.32 Å². The minimum Gasteiger partial charge on any atom is -0.325 e. The van der Waals surface area contributed by atoms with Gasteiger partial charge in [-0.3, -0.25) is 9.69 Å². The van der Waals surface area contributed by atoms with Gasteiger partial charge in [-0.2, -0.15) is 0 Å². The van der Waals surface area contributed by atoms with Crippen molar-refractivity contribution >= 4 is 21.6 Å². The summed E-state index contributed by atoms with van der Waals surface area (Å²) in [7, 11) is 1.47. The number of carbonyl (C=O) groups excluding carboxylic acids is 1. The van der Waals surface area contributed by atoms with Gasteiger partial charge in [0.1, 0.15) is 0 Å². The maximum atomic E-state index is 12.4. The highest BCUT2D eigenvalue weighted by Gasteiger charge is 2.26. The highest BCUT2D eigenvalue weighted by atomic mass is 32.2. The Morgan fingerprint density at radius 2 is 1.74 bits per heavy atom. The van der Waals surface area contributed by atoms with Crippen molar-refractivity contribution in [2.75, 3.05) is 33.0 Å². The molecule has 6 nitrogen and oxygen atoms in total. The first-order chi connectivity index (χ1) is 12.8. The quantitative estimate of drug-likeness (QED) is 0.827. The summed E-state index contributed by atoms with van der Waals surface area (Å²) in [5, 5.41) is 2.84. The summed E-state index contributed by atoms with van der Waals surface area (Å²) in [5.74, 6) is -0.120. The molecular weight excluding hydrogens is 362 g/mol. The average molecular weight is 388 g/mol. The van der Waals surface area contributed by atoms with Crippen LogP contribution in [-0.4, -0.2) is 51.2 Å². The minimum atomic E-state index is -3.47. The summed E-state index contributed by atoms with van der Waals surface area (Å²) in [5.41, 5.74) is 3.23. The zero-order chi connectivity index (χ0) is 19.6. The molecule has 27 heavy (non-hydrogen) atoms. The van der Waals surface area contributed by atoms with Crippen LogP contribution in [0.2, 0.25) is 0 Å². The van der Waals surface area contributed by atoms with Crippen LogP contribution in [0.3, 0.4) is 0 Å². The van der Waals surface area contributed by atoms with Gasteiger partial charge in [-0.1, -0.05) is 24.3 Å². The maximum absolute atomic E-state index is 12.4. The van der Waals surface area contributed by atoms with Crippen molar-refractivity contribution in [1.82, 2.24) is 9.21 Å². The zero-order valence-electron chi connectivity index (χ0n) is 15.8. The number of rotatable bonds is 6. The largest absolute Gasteiger partial charge is 0.325 e. The first-order valence-electron chi connectivity index (χ1n) is 8.89. The summed E-state index contributed by atoms with van der Waals surface area (Å²) in [6.07, 6.45) is 2.05. The van der Waals surface area contributed by atoms with Crippen molar-refractivity contribution in [3.05, 3.63) is 59.7 Å². The van der Waals surface area contributed by atoms with Gasteiger partial charge in [0.2, 0.25) is 15.9 Å². The van der Waals surface area contributed by atoms with Gasteiger partial charge in [0.05, 0.1) is 11.4 Å². The molecule has 3 rings (SSSR count). The number of carbonyl (C=O) groups is 1. The summed E-state index contributed by atoms with van der Waals surface area (Å²) in [6, 6.07) is 14.8. The molecule has 2 aromatic rings. The second-order valence-corrected chi connectivity index (χ2v) is 9.18. The van der Waals surface area contributed by atoms with Crippen LogP contribution >= 0.6 is 0 Å². The van der Waals surface area contributed by atoms with E-state index < -0.39 is 10.0 Å². The summed E-state index contributed by atoms with van der Waals surface area (Å²) in [6.45, 7) is 0.275. The fourth-order valence-corrected chi connectivity index (χ4v) is 4.35. The second-order valence-electron chi connectivity index (χ2n) is 7.03. The molecule has 1 N–H and O–H groups in total. The Labute approximate surface area is 160 Å². The summed E-state index contributed by atoms with van der Waals surface area (Å²) < 4.78 is 25.3. The SMILES string of the molecule is CN(CC(=O)Nc1ccc(S(=O)(=O)N(C)C)cc1)[C@@H]1CCc2ccccc21. The topological polar surface area (TPSA) is 69.7 Å². The first kappa shape index (κ1) is 19.5. The molecular formula is C20H25N3O3S. The number of nitrogens with one attached hydrogen (secondary N) is 1. The molecule has 7 heteroatoms. The molecule has 0 heterocycles. The molecule has 0 aliphatic heterocycles. The van der Waals surface area contributed by atoms with Crippen LogP contribution in [-0.2, 0) is 21.2 Å². The Morgan fingerprint density at radius 3 is 2.41 bits per heavy atom. The van der Waals surface area contributed by atoms with Crippen LogP contribution in [0.15, 0.2) is 53.4 Å². The first-order valence-corrected chi connectivity index (χ1v) is 10.3. The fraction of sp³-hybridized carbons (Fsp3) is 0.350. The molecule has 0 fully saturated rings. The molecule has 1 amide bonds. The van der Waals surface area contributed by atoms with Gasteiger partial charge in [0.25, 0.3) is 0 Å². The monoisotopic (exact) mass is 387 g/mol. The van der Waals surface area contributed by atoms with E-state index in [0.717, 1.165) is 17.1 Å². The van der Waals surface area contributed by atoms with Crippen molar-refractivity contribution in [3.63, 3.8) is 0 Å². The lowest BCUT2D eigenvalue weighted by molar-refractivity contribution is -0.117. The molecule has 1 aliphatic rings. The number of benzene rings is 2. The van der Waals surface area contributed by atoms with Gasteiger partial charge >= 0.3 is 0 Å². The van der Waals surface area contributed by atoms with E-state index in [2.05, 4.69) is 22.3 Å². The summed E-state index contributed by atoms with van der Waals surface area (Å²) >= 11 is 0. The number of hydrogen-bond donors (Lipinski definition) is 1. The van der Waals surface area contributed by atoms with E-state index in [1.165, 1.54) is 37.4 Å². The standard InChI is InChI=1S/C20H25N3O3S/c1-22(2)27(25,26)17-11-9-16(10-12-17)21-20(24)14-23(3)19-13-8-15-6-4-5-7-18(15)19/h4-7,9-12,19H,8,13-14H2,1-3H3,(H,21,24)/t19-/m1/s1. The molecule has 1 atom stereocenters. The van der Waals surface area contributed by atoms with E-state index in [-0.39, 0.29) is 23.4 Å². The molecule has 0 spiro atoms. The number of anilines is 1. The molecule has 2 aromatic carbocycles. The van der Waals surface area contributed by atoms with Crippen LogP contribution in [0.4, 0.5) is 5.69 Å². The smallest absolute Gasteiger partial charge is 0.242 e. The molecule has 0 aromatic heterocycles. The molecule has 0 bridgehead atoms. The Morgan fingerprint density at radius 1 is 1.07 bits per heavy atom. The lowest BCUT2D eigenvalue weighted by atomic mass is 10.1. The Bertz CT molecular complexity index is 924. The number of fused-ring (bicyclic) bond motifs is 1. The molecule has 144 valence electrons. The van der Waals surface area contributed by atoms with Gasteiger partial charge in [-0.15, -0.1) is 0 Å². The highest BCUT2D eigenvalue weighted by molar-refractivity contribution is 7.89. The van der Waals surface area contributed by atoms with E-state index in [9.17, 15) is 13.2 Å².